The van der Waals surface area contributed by atoms with E-state index in [0.717, 1.165) is 27.3 Å². The molecule has 2 aromatic carbocycles. The summed E-state index contributed by atoms with van der Waals surface area (Å²) in [7, 11) is -1.87. The quantitative estimate of drug-likeness (QED) is 0.738. The van der Waals surface area contributed by atoms with Crippen LogP contribution in [0.25, 0.3) is 11.3 Å². The molecule has 0 aliphatic carbocycles. The Morgan fingerprint density at radius 3 is 2.48 bits per heavy atom. The topological polar surface area (TPSA) is 77.5 Å². The summed E-state index contributed by atoms with van der Waals surface area (Å²) < 4.78 is 25.3. The number of halogens is 1. The Labute approximate surface area is 155 Å². The molecule has 0 radical (unpaired) electrons. The normalized spacial score (nSPS) is 12.6. The molecule has 0 atom stereocenters. The van der Waals surface area contributed by atoms with Crippen LogP contribution in [0.1, 0.15) is 5.56 Å². The number of nitrogens with two attached hydrogens (primary N) is 1. The molecule has 0 spiro atoms. The van der Waals surface area contributed by atoms with E-state index >= 15 is 0 Å². The highest BCUT2D eigenvalue weighted by atomic mass is 35.5. The Kier molecular flexibility index (Phi) is 4.83. The average Bonchev–Trinajstić information content (AvgIpc) is 2.89. The number of sulfonamides is 1. The Hall–Kier alpha value is -1.93. The van der Waals surface area contributed by atoms with Crippen molar-refractivity contribution in [2.24, 2.45) is 17.2 Å². The minimum absolute atomic E-state index is 0.102. The molecule has 5 nitrogen and oxygen atoms in total. The van der Waals surface area contributed by atoms with Gasteiger partial charge in [-0.1, -0.05) is 11.6 Å². The first kappa shape index (κ1) is 17.9. The minimum Gasteiger partial charge on any atom is -0.320 e. The van der Waals surface area contributed by atoms with E-state index in [1.807, 2.05) is 42.1 Å². The fraction of sp³-hybridized carbons (Fsp3) is 0.118. The smallest absolute Gasteiger partial charge is 0.238 e. The summed E-state index contributed by atoms with van der Waals surface area (Å²) in [6.07, 6.45) is 0. The van der Waals surface area contributed by atoms with Crippen LogP contribution in [0.5, 0.6) is 0 Å². The van der Waals surface area contributed by atoms with Crippen molar-refractivity contribution in [3.63, 3.8) is 0 Å². The van der Waals surface area contributed by atoms with E-state index in [0.29, 0.717) is 5.02 Å². The zero-order valence-corrected chi connectivity index (χ0v) is 16.0. The highest BCUT2D eigenvalue weighted by Crippen LogP contribution is 2.24. The Morgan fingerprint density at radius 1 is 1.16 bits per heavy atom. The molecule has 0 amide bonds. The van der Waals surface area contributed by atoms with Crippen LogP contribution in [0.3, 0.4) is 0 Å². The van der Waals surface area contributed by atoms with E-state index in [2.05, 4.69) is 4.99 Å². The summed E-state index contributed by atoms with van der Waals surface area (Å²) in [5.41, 5.74) is 3.26. The molecule has 130 valence electrons. The molecular formula is C17H16ClN3O2S2. The summed E-state index contributed by atoms with van der Waals surface area (Å²) in [6, 6.07) is 12.3. The fourth-order valence-corrected chi connectivity index (χ4v) is 4.11. The van der Waals surface area contributed by atoms with Crippen LogP contribution in [-0.2, 0) is 17.1 Å². The Bertz CT molecular complexity index is 1100. The van der Waals surface area contributed by atoms with E-state index in [9.17, 15) is 8.42 Å². The monoisotopic (exact) mass is 393 g/mol. The molecule has 2 N–H and O–H groups in total. The summed E-state index contributed by atoms with van der Waals surface area (Å²) in [5.74, 6) is 0. The standard InChI is InChI=1S/C17H16ClN3O2S2/c1-11-7-12(9-15(8-11)25(19,22)23)16-10-24-17(21(16)2)20-14-5-3-13(18)4-6-14/h3-10H,1-2H3,(H2,19,22,23). The van der Waals surface area contributed by atoms with Gasteiger partial charge in [-0.3, -0.25) is 0 Å². The van der Waals surface area contributed by atoms with Gasteiger partial charge in [0.25, 0.3) is 0 Å². The van der Waals surface area contributed by atoms with Crippen LogP contribution in [0.4, 0.5) is 5.69 Å². The van der Waals surface area contributed by atoms with Gasteiger partial charge in [-0.25, -0.2) is 18.5 Å². The highest BCUT2D eigenvalue weighted by molar-refractivity contribution is 7.89. The van der Waals surface area contributed by atoms with Crippen molar-refractivity contribution in [2.45, 2.75) is 11.8 Å². The van der Waals surface area contributed by atoms with Gasteiger partial charge >= 0.3 is 0 Å². The first-order chi connectivity index (χ1) is 11.7. The molecule has 0 saturated heterocycles. The van der Waals surface area contributed by atoms with Crippen molar-refractivity contribution < 1.29 is 8.42 Å². The zero-order chi connectivity index (χ0) is 18.2. The maximum absolute atomic E-state index is 11.7. The fourth-order valence-electron chi connectivity index (χ4n) is 2.42. The predicted molar refractivity (Wildman–Crippen MR) is 102 cm³/mol. The van der Waals surface area contributed by atoms with Crippen LogP contribution < -0.4 is 9.94 Å². The second kappa shape index (κ2) is 6.76. The van der Waals surface area contributed by atoms with Crippen molar-refractivity contribution in [3.05, 3.63) is 63.2 Å². The molecule has 8 heteroatoms. The first-order valence-electron chi connectivity index (χ1n) is 7.34. The van der Waals surface area contributed by atoms with Gasteiger partial charge in [-0.15, -0.1) is 11.3 Å². The van der Waals surface area contributed by atoms with Gasteiger partial charge < -0.3 is 4.57 Å². The zero-order valence-electron chi connectivity index (χ0n) is 13.6. The van der Waals surface area contributed by atoms with E-state index in [1.54, 1.807) is 24.3 Å². The molecule has 0 aliphatic rings. The van der Waals surface area contributed by atoms with Gasteiger partial charge in [0.2, 0.25) is 10.0 Å². The molecule has 0 bridgehead atoms. The molecule has 0 fully saturated rings. The van der Waals surface area contributed by atoms with Crippen molar-refractivity contribution in [3.8, 4) is 11.3 Å². The molecule has 25 heavy (non-hydrogen) atoms. The Balaban J connectivity index is 2.10. The van der Waals surface area contributed by atoms with Crippen LogP contribution in [0.2, 0.25) is 5.02 Å². The van der Waals surface area contributed by atoms with Crippen molar-refractivity contribution in [1.82, 2.24) is 4.57 Å². The van der Waals surface area contributed by atoms with Crippen molar-refractivity contribution in [2.75, 3.05) is 0 Å². The van der Waals surface area contributed by atoms with E-state index in [1.165, 1.54) is 11.3 Å². The predicted octanol–water partition coefficient (Wildman–Crippen LogP) is 3.60. The molecule has 0 unspecified atom stereocenters. The number of hydrogen-bond donors (Lipinski definition) is 1. The van der Waals surface area contributed by atoms with E-state index in [4.69, 9.17) is 16.7 Å². The van der Waals surface area contributed by atoms with Gasteiger partial charge in [0.15, 0.2) is 4.80 Å². The van der Waals surface area contributed by atoms with Crippen LogP contribution in [-0.4, -0.2) is 13.0 Å². The molecule has 1 heterocycles. The molecule has 3 rings (SSSR count). The van der Waals surface area contributed by atoms with Crippen LogP contribution >= 0.6 is 22.9 Å². The van der Waals surface area contributed by atoms with Gasteiger partial charge in [0.1, 0.15) is 0 Å². The van der Waals surface area contributed by atoms with Gasteiger partial charge in [0.05, 0.1) is 16.3 Å². The second-order valence-corrected chi connectivity index (χ2v) is 8.46. The molecule has 0 aliphatic heterocycles. The van der Waals surface area contributed by atoms with Gasteiger partial charge in [0, 0.05) is 23.0 Å². The SMILES string of the molecule is Cc1cc(-c2csc(=Nc3ccc(Cl)cc3)n2C)cc(S(N)(=O)=O)c1. The second-order valence-electron chi connectivity index (χ2n) is 5.63. The summed E-state index contributed by atoms with van der Waals surface area (Å²) >= 11 is 7.36. The number of primary sulfonamides is 1. The third-order valence-electron chi connectivity index (χ3n) is 3.65. The summed E-state index contributed by atoms with van der Waals surface area (Å²) in [6.45, 7) is 1.84. The third-order valence-corrected chi connectivity index (χ3v) is 5.71. The van der Waals surface area contributed by atoms with E-state index < -0.39 is 10.0 Å². The molecular weight excluding hydrogens is 378 g/mol. The number of thiazole rings is 1. The number of nitrogens with zero attached hydrogens (tertiary/aromatic N) is 2. The van der Waals surface area contributed by atoms with E-state index in [-0.39, 0.29) is 4.90 Å². The number of rotatable bonds is 3. The maximum Gasteiger partial charge on any atom is 0.238 e. The molecule has 3 aromatic rings. The molecule has 0 saturated carbocycles. The lowest BCUT2D eigenvalue weighted by Gasteiger charge is -2.07. The Morgan fingerprint density at radius 2 is 1.84 bits per heavy atom. The number of hydrogen-bond acceptors (Lipinski definition) is 4. The van der Waals surface area contributed by atoms with Crippen LogP contribution in [0, 0.1) is 6.92 Å². The van der Waals surface area contributed by atoms with Crippen LogP contribution in [0.15, 0.2) is 57.7 Å². The van der Waals surface area contributed by atoms with Gasteiger partial charge in [-0.05, 0) is 55.0 Å². The minimum atomic E-state index is -3.76. The molecule has 1 aromatic heterocycles. The number of benzene rings is 2. The summed E-state index contributed by atoms with van der Waals surface area (Å²) in [4.78, 5) is 5.49. The van der Waals surface area contributed by atoms with Gasteiger partial charge in [-0.2, -0.15) is 0 Å². The summed E-state index contributed by atoms with van der Waals surface area (Å²) in [5, 5.41) is 7.87. The number of aromatic nitrogens is 1. The lowest BCUT2D eigenvalue weighted by molar-refractivity contribution is 0.597. The van der Waals surface area contributed by atoms with Crippen molar-refractivity contribution in [1.29, 1.82) is 0 Å². The number of aryl methyl sites for hydroxylation is 1. The van der Waals surface area contributed by atoms with Crippen molar-refractivity contribution >= 4 is 38.6 Å². The maximum atomic E-state index is 11.7. The third kappa shape index (κ3) is 4.01. The highest BCUT2D eigenvalue weighted by Gasteiger charge is 2.12. The average molecular weight is 394 g/mol. The largest absolute Gasteiger partial charge is 0.320 e. The first-order valence-corrected chi connectivity index (χ1v) is 10.1. The lowest BCUT2D eigenvalue weighted by Crippen LogP contribution is -2.13. The lowest BCUT2D eigenvalue weighted by atomic mass is 10.1.